The number of rotatable bonds is 2. The van der Waals surface area contributed by atoms with E-state index in [9.17, 15) is 4.79 Å². The molecule has 0 atom stereocenters. The number of aromatic amines is 1. The van der Waals surface area contributed by atoms with Gasteiger partial charge in [0.2, 0.25) is 11.2 Å². The number of carbonyl (C=O) groups is 1. The number of H-pyrrole nitrogens is 1. The molecule has 3 rings (SSSR count). The number of aromatic nitrogens is 4. The van der Waals surface area contributed by atoms with Crippen molar-refractivity contribution in [2.45, 2.75) is 6.92 Å². The van der Waals surface area contributed by atoms with Gasteiger partial charge in [0.15, 0.2) is 5.65 Å². The average molecular weight is 302 g/mol. The van der Waals surface area contributed by atoms with E-state index in [1.807, 2.05) is 24.3 Å². The van der Waals surface area contributed by atoms with Crippen LogP contribution in [0.3, 0.4) is 0 Å². The van der Waals surface area contributed by atoms with Gasteiger partial charge < -0.3 is 9.88 Å². The van der Waals surface area contributed by atoms with E-state index in [0.717, 1.165) is 16.8 Å². The monoisotopic (exact) mass is 301 g/mol. The zero-order valence-electron chi connectivity index (χ0n) is 11.5. The van der Waals surface area contributed by atoms with E-state index in [2.05, 4.69) is 19.9 Å². The van der Waals surface area contributed by atoms with Gasteiger partial charge in [0.05, 0.1) is 6.33 Å². The molecule has 1 aromatic carbocycles. The van der Waals surface area contributed by atoms with Gasteiger partial charge in [-0.25, -0.2) is 9.97 Å². The Labute approximate surface area is 125 Å². The standard InChI is InChI=1S/C14H12ClN5O/c1-8(21)20(2)10-5-3-9(4-6-10)11-12-13(17-7-16-12)19-14(15)18-11/h3-7H,1-2H3,(H,16,17,18,19). The number of halogens is 1. The molecule has 6 nitrogen and oxygen atoms in total. The van der Waals surface area contributed by atoms with Gasteiger partial charge in [-0.05, 0) is 23.7 Å². The molecule has 21 heavy (non-hydrogen) atoms. The number of hydrogen-bond acceptors (Lipinski definition) is 4. The highest BCUT2D eigenvalue weighted by Crippen LogP contribution is 2.27. The molecule has 0 radical (unpaired) electrons. The first-order chi connectivity index (χ1) is 10.1. The summed E-state index contributed by atoms with van der Waals surface area (Å²) in [5, 5.41) is 0.148. The van der Waals surface area contributed by atoms with Crippen molar-refractivity contribution in [3.05, 3.63) is 35.9 Å². The molecule has 1 N–H and O–H groups in total. The van der Waals surface area contributed by atoms with E-state index in [0.29, 0.717) is 11.3 Å². The SMILES string of the molecule is CC(=O)N(C)c1ccc(-c2nc(Cl)nc3nc[nH]c23)cc1. The van der Waals surface area contributed by atoms with E-state index >= 15 is 0 Å². The molecule has 0 aliphatic carbocycles. The number of nitrogens with one attached hydrogen (secondary N) is 1. The molecular weight excluding hydrogens is 290 g/mol. The van der Waals surface area contributed by atoms with E-state index in [1.165, 1.54) is 6.92 Å². The van der Waals surface area contributed by atoms with Crippen LogP contribution in [-0.2, 0) is 4.79 Å². The van der Waals surface area contributed by atoms with Crippen LogP contribution in [0.2, 0.25) is 5.28 Å². The molecule has 0 saturated carbocycles. The Hall–Kier alpha value is -2.47. The van der Waals surface area contributed by atoms with Gasteiger partial charge in [0, 0.05) is 25.2 Å². The Bertz CT molecular complexity index is 812. The molecule has 0 aliphatic heterocycles. The van der Waals surface area contributed by atoms with E-state index in [-0.39, 0.29) is 11.2 Å². The lowest BCUT2D eigenvalue weighted by atomic mass is 10.1. The first-order valence-corrected chi connectivity index (χ1v) is 6.65. The van der Waals surface area contributed by atoms with Gasteiger partial charge in [-0.3, -0.25) is 4.79 Å². The van der Waals surface area contributed by atoms with E-state index in [1.54, 1.807) is 18.3 Å². The highest BCUT2D eigenvalue weighted by atomic mass is 35.5. The van der Waals surface area contributed by atoms with Crippen molar-refractivity contribution in [1.82, 2.24) is 19.9 Å². The van der Waals surface area contributed by atoms with Gasteiger partial charge in [0.1, 0.15) is 11.2 Å². The minimum absolute atomic E-state index is 0.0243. The summed E-state index contributed by atoms with van der Waals surface area (Å²) in [6.07, 6.45) is 1.55. The number of imidazole rings is 1. The molecule has 0 fully saturated rings. The highest BCUT2D eigenvalue weighted by Gasteiger charge is 2.12. The van der Waals surface area contributed by atoms with Crippen molar-refractivity contribution >= 4 is 34.4 Å². The molecule has 0 bridgehead atoms. The van der Waals surface area contributed by atoms with E-state index in [4.69, 9.17) is 11.6 Å². The topological polar surface area (TPSA) is 74.8 Å². The smallest absolute Gasteiger partial charge is 0.225 e. The first kappa shape index (κ1) is 13.5. The Morgan fingerprint density at radius 3 is 2.62 bits per heavy atom. The Kier molecular flexibility index (Phi) is 3.31. The first-order valence-electron chi connectivity index (χ1n) is 6.27. The second-order valence-electron chi connectivity index (χ2n) is 4.57. The number of fused-ring (bicyclic) bond motifs is 1. The summed E-state index contributed by atoms with van der Waals surface area (Å²) in [4.78, 5) is 28.3. The van der Waals surface area contributed by atoms with Gasteiger partial charge in [-0.2, -0.15) is 4.98 Å². The van der Waals surface area contributed by atoms with Gasteiger partial charge in [-0.15, -0.1) is 0 Å². The average Bonchev–Trinajstić information content (AvgIpc) is 2.93. The largest absolute Gasteiger partial charge is 0.341 e. The van der Waals surface area contributed by atoms with Crippen LogP contribution in [0.15, 0.2) is 30.6 Å². The number of carbonyl (C=O) groups excluding carboxylic acids is 1. The van der Waals surface area contributed by atoms with Crippen molar-refractivity contribution in [2.75, 3.05) is 11.9 Å². The maximum atomic E-state index is 11.4. The van der Waals surface area contributed by atoms with Crippen molar-refractivity contribution in [3.63, 3.8) is 0 Å². The van der Waals surface area contributed by atoms with Crippen LogP contribution in [0.5, 0.6) is 0 Å². The lowest BCUT2D eigenvalue weighted by Gasteiger charge is -2.15. The lowest BCUT2D eigenvalue weighted by molar-refractivity contribution is -0.116. The number of nitrogens with zero attached hydrogens (tertiary/aromatic N) is 4. The summed E-state index contributed by atoms with van der Waals surface area (Å²) >= 11 is 5.92. The highest BCUT2D eigenvalue weighted by molar-refractivity contribution is 6.28. The third kappa shape index (κ3) is 2.45. The molecule has 106 valence electrons. The van der Waals surface area contributed by atoms with Gasteiger partial charge in [-0.1, -0.05) is 12.1 Å². The molecule has 0 saturated heterocycles. The van der Waals surface area contributed by atoms with Gasteiger partial charge >= 0.3 is 0 Å². The van der Waals surface area contributed by atoms with Gasteiger partial charge in [0.25, 0.3) is 0 Å². The van der Waals surface area contributed by atoms with Crippen LogP contribution in [0.4, 0.5) is 5.69 Å². The second kappa shape index (κ2) is 5.14. The molecule has 3 aromatic rings. The lowest BCUT2D eigenvalue weighted by Crippen LogP contribution is -2.22. The molecule has 0 spiro atoms. The number of benzene rings is 1. The van der Waals surface area contributed by atoms with Crippen LogP contribution in [0, 0.1) is 0 Å². The van der Waals surface area contributed by atoms with Crippen molar-refractivity contribution in [2.24, 2.45) is 0 Å². The minimum Gasteiger partial charge on any atom is -0.341 e. The maximum Gasteiger partial charge on any atom is 0.225 e. The fourth-order valence-electron chi connectivity index (χ4n) is 2.04. The summed E-state index contributed by atoms with van der Waals surface area (Å²) in [7, 11) is 1.73. The quantitative estimate of drug-likeness (QED) is 0.738. The van der Waals surface area contributed by atoms with Crippen molar-refractivity contribution in [1.29, 1.82) is 0 Å². The fourth-order valence-corrected chi connectivity index (χ4v) is 2.20. The van der Waals surface area contributed by atoms with Crippen LogP contribution >= 0.6 is 11.6 Å². The number of amides is 1. The molecular formula is C14H12ClN5O. The fraction of sp³-hybridized carbons (Fsp3) is 0.143. The van der Waals surface area contributed by atoms with E-state index < -0.39 is 0 Å². The molecule has 7 heteroatoms. The Morgan fingerprint density at radius 1 is 1.24 bits per heavy atom. The minimum atomic E-state index is -0.0243. The molecule has 2 heterocycles. The summed E-state index contributed by atoms with van der Waals surface area (Å²) in [5.74, 6) is -0.0243. The van der Waals surface area contributed by atoms with Crippen LogP contribution < -0.4 is 4.90 Å². The zero-order valence-corrected chi connectivity index (χ0v) is 12.2. The maximum absolute atomic E-state index is 11.4. The predicted octanol–water partition coefficient (Wildman–Crippen LogP) is 2.66. The number of hydrogen-bond donors (Lipinski definition) is 1. The Balaban J connectivity index is 2.07. The van der Waals surface area contributed by atoms with Crippen molar-refractivity contribution in [3.8, 4) is 11.3 Å². The molecule has 0 unspecified atom stereocenters. The molecule has 2 aromatic heterocycles. The molecule has 0 aliphatic rings. The zero-order chi connectivity index (χ0) is 15.0. The van der Waals surface area contributed by atoms with Crippen molar-refractivity contribution < 1.29 is 4.79 Å². The molecule has 1 amide bonds. The summed E-state index contributed by atoms with van der Waals surface area (Å²) in [6.45, 7) is 1.52. The summed E-state index contributed by atoms with van der Waals surface area (Å²) in [5.41, 5.74) is 3.61. The second-order valence-corrected chi connectivity index (χ2v) is 4.91. The third-order valence-electron chi connectivity index (χ3n) is 3.26. The predicted molar refractivity (Wildman–Crippen MR) is 81.2 cm³/mol. The summed E-state index contributed by atoms with van der Waals surface area (Å²) in [6, 6.07) is 7.48. The Morgan fingerprint density at radius 2 is 1.95 bits per heavy atom. The third-order valence-corrected chi connectivity index (χ3v) is 3.43. The van der Waals surface area contributed by atoms with Crippen LogP contribution in [-0.4, -0.2) is 32.9 Å². The van der Waals surface area contributed by atoms with Crippen LogP contribution in [0.1, 0.15) is 6.92 Å². The van der Waals surface area contributed by atoms with Crippen LogP contribution in [0.25, 0.3) is 22.4 Å². The normalized spacial score (nSPS) is 10.8. The number of anilines is 1. The summed E-state index contributed by atoms with van der Waals surface area (Å²) < 4.78 is 0.